The van der Waals surface area contributed by atoms with Gasteiger partial charge in [-0.3, -0.25) is 4.79 Å². The van der Waals surface area contributed by atoms with Crippen molar-refractivity contribution in [1.29, 1.82) is 0 Å². The molecule has 0 aromatic carbocycles. The van der Waals surface area contributed by atoms with Crippen LogP contribution in [-0.2, 0) is 4.79 Å². The second kappa shape index (κ2) is 5.82. The first-order valence-corrected chi connectivity index (χ1v) is 6.72. The Morgan fingerprint density at radius 3 is 2.65 bits per heavy atom. The number of halogens is 2. The Morgan fingerprint density at radius 1 is 1.47 bits per heavy atom. The van der Waals surface area contributed by atoms with Crippen LogP contribution < -0.4 is 10.6 Å². The fourth-order valence-corrected chi connectivity index (χ4v) is 2.40. The highest BCUT2D eigenvalue weighted by molar-refractivity contribution is 9.11. The van der Waals surface area contributed by atoms with E-state index in [2.05, 4.69) is 47.5 Å². The van der Waals surface area contributed by atoms with E-state index >= 15 is 0 Å². The molecule has 0 atom stereocenters. The van der Waals surface area contributed by atoms with Crippen molar-refractivity contribution in [3.05, 3.63) is 21.2 Å². The molecule has 1 rings (SSSR count). The molecule has 1 aromatic rings. The van der Waals surface area contributed by atoms with E-state index < -0.39 is 5.41 Å². The van der Waals surface area contributed by atoms with Gasteiger partial charge in [-0.2, -0.15) is 0 Å². The van der Waals surface area contributed by atoms with Gasteiger partial charge in [0.15, 0.2) is 0 Å². The molecule has 0 fully saturated rings. The van der Waals surface area contributed by atoms with Crippen LogP contribution in [0.3, 0.4) is 0 Å². The molecule has 94 valence electrons. The molecule has 0 aliphatic carbocycles. The number of hydrogen-bond donors (Lipinski definition) is 2. The summed E-state index contributed by atoms with van der Waals surface area (Å²) in [7, 11) is 1.64. The summed E-state index contributed by atoms with van der Waals surface area (Å²) >= 11 is 6.75. The number of nitrogens with one attached hydrogen (secondary N) is 2. The van der Waals surface area contributed by atoms with Crippen molar-refractivity contribution >= 4 is 43.6 Å². The van der Waals surface area contributed by atoms with Crippen LogP contribution in [0.2, 0.25) is 0 Å². The fraction of sp³-hybridized carbons (Fsp3) is 0.455. The van der Waals surface area contributed by atoms with Gasteiger partial charge in [0.2, 0.25) is 5.91 Å². The summed E-state index contributed by atoms with van der Waals surface area (Å²) in [4.78, 5) is 15.8. The molecule has 0 unspecified atom stereocenters. The van der Waals surface area contributed by atoms with E-state index in [0.29, 0.717) is 6.54 Å². The van der Waals surface area contributed by atoms with E-state index in [1.807, 2.05) is 19.9 Å². The van der Waals surface area contributed by atoms with E-state index in [-0.39, 0.29) is 5.91 Å². The summed E-state index contributed by atoms with van der Waals surface area (Å²) in [6.07, 6.45) is 1.71. The largest absolute Gasteiger partial charge is 0.368 e. The van der Waals surface area contributed by atoms with Crippen molar-refractivity contribution in [3.8, 4) is 0 Å². The lowest BCUT2D eigenvalue weighted by molar-refractivity contribution is -0.128. The molecule has 1 aromatic heterocycles. The van der Waals surface area contributed by atoms with Crippen LogP contribution in [0.15, 0.2) is 21.2 Å². The number of amides is 1. The SMILES string of the molecule is CNC(=O)C(C)(C)CNc1ncc(Br)cc1Br. The van der Waals surface area contributed by atoms with E-state index in [0.717, 1.165) is 14.8 Å². The lowest BCUT2D eigenvalue weighted by atomic mass is 9.92. The third-order valence-electron chi connectivity index (χ3n) is 2.35. The lowest BCUT2D eigenvalue weighted by Gasteiger charge is -2.23. The molecular weight excluding hydrogens is 350 g/mol. The summed E-state index contributed by atoms with van der Waals surface area (Å²) in [6.45, 7) is 4.27. The number of carbonyl (C=O) groups is 1. The number of aromatic nitrogens is 1. The minimum absolute atomic E-state index is 0.00164. The van der Waals surface area contributed by atoms with Crippen molar-refractivity contribution in [3.63, 3.8) is 0 Å². The first kappa shape index (κ1) is 14.4. The van der Waals surface area contributed by atoms with Crippen LogP contribution in [-0.4, -0.2) is 24.5 Å². The summed E-state index contributed by atoms with van der Waals surface area (Å²) in [5.74, 6) is 0.725. The first-order chi connectivity index (χ1) is 7.86. The number of nitrogens with zero attached hydrogens (tertiary/aromatic N) is 1. The normalized spacial score (nSPS) is 11.1. The Balaban J connectivity index is 2.70. The fourth-order valence-electron chi connectivity index (χ4n) is 1.27. The quantitative estimate of drug-likeness (QED) is 0.863. The molecule has 1 amide bonds. The summed E-state index contributed by atoms with van der Waals surface area (Å²) < 4.78 is 1.76. The van der Waals surface area contributed by atoms with Gasteiger partial charge >= 0.3 is 0 Å². The molecule has 0 spiro atoms. The van der Waals surface area contributed by atoms with Crippen LogP contribution in [0.5, 0.6) is 0 Å². The molecule has 6 heteroatoms. The number of rotatable bonds is 4. The Bertz CT molecular complexity index is 421. The highest BCUT2D eigenvalue weighted by Gasteiger charge is 2.26. The van der Waals surface area contributed by atoms with Crippen molar-refractivity contribution in [2.45, 2.75) is 13.8 Å². The summed E-state index contributed by atoms with van der Waals surface area (Å²) in [5.41, 5.74) is -0.483. The van der Waals surface area contributed by atoms with Crippen molar-refractivity contribution in [1.82, 2.24) is 10.3 Å². The molecule has 1 heterocycles. The smallest absolute Gasteiger partial charge is 0.227 e. The van der Waals surface area contributed by atoms with E-state index in [4.69, 9.17) is 0 Å². The zero-order chi connectivity index (χ0) is 13.1. The third kappa shape index (κ3) is 3.96. The van der Waals surface area contributed by atoms with Crippen LogP contribution in [0, 0.1) is 5.41 Å². The molecule has 4 nitrogen and oxygen atoms in total. The second-order valence-corrected chi connectivity index (χ2v) is 6.07. The topological polar surface area (TPSA) is 54.0 Å². The van der Waals surface area contributed by atoms with Gasteiger partial charge in [-0.25, -0.2) is 4.98 Å². The van der Waals surface area contributed by atoms with Crippen LogP contribution in [0.4, 0.5) is 5.82 Å². The van der Waals surface area contributed by atoms with Crippen molar-refractivity contribution in [2.75, 3.05) is 18.9 Å². The molecule has 0 aliphatic rings. The predicted octanol–water partition coefficient (Wildman–Crippen LogP) is 2.79. The summed E-state index contributed by atoms with van der Waals surface area (Å²) in [6, 6.07) is 1.90. The van der Waals surface area contributed by atoms with Crippen molar-refractivity contribution < 1.29 is 4.79 Å². The van der Waals surface area contributed by atoms with Crippen LogP contribution in [0.1, 0.15) is 13.8 Å². The zero-order valence-corrected chi connectivity index (χ0v) is 13.1. The third-order valence-corrected chi connectivity index (χ3v) is 3.39. The number of anilines is 1. The van der Waals surface area contributed by atoms with Gasteiger partial charge in [-0.1, -0.05) is 0 Å². The van der Waals surface area contributed by atoms with Gasteiger partial charge in [-0.05, 0) is 51.8 Å². The molecule has 17 heavy (non-hydrogen) atoms. The van der Waals surface area contributed by atoms with Gasteiger partial charge < -0.3 is 10.6 Å². The van der Waals surface area contributed by atoms with E-state index in [9.17, 15) is 4.79 Å². The molecule has 0 saturated carbocycles. The Kier molecular flexibility index (Phi) is 4.94. The second-order valence-electron chi connectivity index (χ2n) is 4.30. The highest BCUT2D eigenvalue weighted by Crippen LogP contribution is 2.25. The maximum Gasteiger partial charge on any atom is 0.227 e. The zero-order valence-electron chi connectivity index (χ0n) is 9.97. The maximum atomic E-state index is 11.6. The summed E-state index contributed by atoms with van der Waals surface area (Å²) in [5, 5.41) is 5.80. The predicted molar refractivity (Wildman–Crippen MR) is 76.0 cm³/mol. The average Bonchev–Trinajstić information content (AvgIpc) is 2.26. The van der Waals surface area contributed by atoms with E-state index in [1.54, 1.807) is 13.2 Å². The van der Waals surface area contributed by atoms with Crippen LogP contribution in [0.25, 0.3) is 0 Å². The maximum absolute atomic E-state index is 11.6. The lowest BCUT2D eigenvalue weighted by Crippen LogP contribution is -2.39. The van der Waals surface area contributed by atoms with Crippen molar-refractivity contribution in [2.24, 2.45) is 5.41 Å². The number of carbonyl (C=O) groups excluding carboxylic acids is 1. The molecule has 0 bridgehead atoms. The highest BCUT2D eigenvalue weighted by atomic mass is 79.9. The minimum Gasteiger partial charge on any atom is -0.368 e. The number of pyridine rings is 1. The van der Waals surface area contributed by atoms with Gasteiger partial charge in [0.25, 0.3) is 0 Å². The number of hydrogen-bond acceptors (Lipinski definition) is 3. The molecule has 0 radical (unpaired) electrons. The van der Waals surface area contributed by atoms with Gasteiger partial charge in [0, 0.05) is 24.3 Å². The standard InChI is InChI=1S/C11H15Br2N3O/c1-11(2,10(17)14-3)6-16-9-8(13)4-7(12)5-15-9/h4-5H,6H2,1-3H3,(H,14,17)(H,15,16). The molecule has 0 saturated heterocycles. The Labute approximate surface area is 118 Å². The minimum atomic E-state index is -0.483. The monoisotopic (exact) mass is 363 g/mol. The molecule has 0 aliphatic heterocycles. The Hall–Kier alpha value is -0.620. The Morgan fingerprint density at radius 2 is 2.12 bits per heavy atom. The van der Waals surface area contributed by atoms with E-state index in [1.165, 1.54) is 0 Å². The molecular formula is C11H15Br2N3O. The molecule has 2 N–H and O–H groups in total. The van der Waals surface area contributed by atoms with Crippen LogP contribution >= 0.6 is 31.9 Å². The van der Waals surface area contributed by atoms with Gasteiger partial charge in [0.05, 0.1) is 9.89 Å². The first-order valence-electron chi connectivity index (χ1n) is 5.14. The van der Waals surface area contributed by atoms with Gasteiger partial charge in [-0.15, -0.1) is 0 Å². The van der Waals surface area contributed by atoms with Gasteiger partial charge in [0.1, 0.15) is 5.82 Å². The average molecular weight is 365 g/mol.